The second-order valence-corrected chi connectivity index (χ2v) is 6.80. The van der Waals surface area contributed by atoms with Gasteiger partial charge in [-0.25, -0.2) is 0 Å². The molecule has 1 spiro atoms. The summed E-state index contributed by atoms with van der Waals surface area (Å²) in [5.74, 6) is 0. The van der Waals surface area contributed by atoms with E-state index >= 15 is 0 Å². The first-order chi connectivity index (χ1) is 6.99. The maximum atomic E-state index is 3.54. The number of likely N-dealkylation sites (tertiary alicyclic amines) is 1. The van der Waals surface area contributed by atoms with E-state index < -0.39 is 0 Å². The van der Waals surface area contributed by atoms with E-state index in [1.165, 1.54) is 52.0 Å². The third kappa shape index (κ3) is 2.94. The van der Waals surface area contributed by atoms with Gasteiger partial charge >= 0.3 is 0 Å². The molecule has 2 rings (SSSR count). The van der Waals surface area contributed by atoms with Crippen LogP contribution in [0.15, 0.2) is 0 Å². The molecule has 2 fully saturated rings. The number of piperidine rings is 1. The number of hydrogen-bond acceptors (Lipinski definition) is 2. The smallest absolute Gasteiger partial charge is 0.00827 e. The van der Waals surface area contributed by atoms with Crippen LogP contribution in [0.1, 0.15) is 40.0 Å². The molecule has 0 saturated carbocycles. The summed E-state index contributed by atoms with van der Waals surface area (Å²) in [5, 5.41) is 3.54. The highest BCUT2D eigenvalue weighted by molar-refractivity contribution is 4.98. The highest BCUT2D eigenvalue weighted by atomic mass is 15.2. The summed E-state index contributed by atoms with van der Waals surface area (Å²) in [6, 6.07) is 0. The van der Waals surface area contributed by atoms with Crippen molar-refractivity contribution in [2.24, 2.45) is 10.8 Å². The van der Waals surface area contributed by atoms with Crippen LogP contribution < -0.4 is 5.32 Å². The molecule has 2 saturated heterocycles. The van der Waals surface area contributed by atoms with Crippen LogP contribution in [-0.2, 0) is 0 Å². The lowest BCUT2D eigenvalue weighted by Gasteiger charge is -2.53. The topological polar surface area (TPSA) is 15.3 Å². The van der Waals surface area contributed by atoms with Crippen LogP contribution >= 0.6 is 0 Å². The summed E-state index contributed by atoms with van der Waals surface area (Å²) in [5.41, 5.74) is 1.16. The first-order valence-corrected chi connectivity index (χ1v) is 6.42. The lowest BCUT2D eigenvalue weighted by molar-refractivity contribution is -0.0223. The van der Waals surface area contributed by atoms with Crippen LogP contribution in [0.3, 0.4) is 0 Å². The number of hydrogen-bond donors (Lipinski definition) is 1. The van der Waals surface area contributed by atoms with Gasteiger partial charge in [0.2, 0.25) is 0 Å². The highest BCUT2D eigenvalue weighted by Gasteiger charge is 2.43. The summed E-state index contributed by atoms with van der Waals surface area (Å²) >= 11 is 0. The van der Waals surface area contributed by atoms with Gasteiger partial charge in [0.05, 0.1) is 0 Å². The Morgan fingerprint density at radius 3 is 2.53 bits per heavy atom. The average Bonchev–Trinajstić information content (AvgIpc) is 2.11. The predicted octanol–water partition coefficient (Wildman–Crippen LogP) is 2.11. The Hall–Kier alpha value is -0.0800. The van der Waals surface area contributed by atoms with Gasteiger partial charge < -0.3 is 10.2 Å². The Morgan fingerprint density at radius 2 is 2.00 bits per heavy atom. The normalized spacial score (nSPS) is 26.6. The van der Waals surface area contributed by atoms with Crippen molar-refractivity contribution in [2.45, 2.75) is 40.0 Å². The molecule has 0 amide bonds. The molecule has 0 aromatic rings. The quantitative estimate of drug-likeness (QED) is 0.751. The predicted molar refractivity (Wildman–Crippen MR) is 65.0 cm³/mol. The lowest BCUT2D eigenvalue weighted by atomic mass is 9.73. The van der Waals surface area contributed by atoms with E-state index in [0.717, 1.165) is 0 Å². The van der Waals surface area contributed by atoms with E-state index in [0.29, 0.717) is 10.8 Å². The largest absolute Gasteiger partial charge is 0.316 e. The molecular weight excluding hydrogens is 184 g/mol. The van der Waals surface area contributed by atoms with Crippen molar-refractivity contribution in [3.8, 4) is 0 Å². The number of nitrogens with zero attached hydrogens (tertiary/aromatic N) is 1. The zero-order valence-electron chi connectivity index (χ0n) is 10.6. The highest BCUT2D eigenvalue weighted by Crippen LogP contribution is 2.37. The van der Waals surface area contributed by atoms with Crippen molar-refractivity contribution in [2.75, 3.05) is 32.7 Å². The molecule has 1 N–H and O–H groups in total. The van der Waals surface area contributed by atoms with Crippen molar-refractivity contribution in [3.05, 3.63) is 0 Å². The molecule has 0 aliphatic carbocycles. The lowest BCUT2D eigenvalue weighted by Crippen LogP contribution is -2.62. The van der Waals surface area contributed by atoms with E-state index in [4.69, 9.17) is 0 Å². The van der Waals surface area contributed by atoms with Crippen LogP contribution in [0.5, 0.6) is 0 Å². The Bertz CT molecular complexity index is 203. The van der Waals surface area contributed by atoms with E-state index in [9.17, 15) is 0 Å². The SMILES string of the molecule is CC(C)(C)CCN1CC2(CCCNC2)C1. The Morgan fingerprint density at radius 1 is 1.27 bits per heavy atom. The van der Waals surface area contributed by atoms with Crippen molar-refractivity contribution in [3.63, 3.8) is 0 Å². The van der Waals surface area contributed by atoms with Crippen molar-refractivity contribution >= 4 is 0 Å². The van der Waals surface area contributed by atoms with E-state index in [1.54, 1.807) is 0 Å². The first-order valence-electron chi connectivity index (χ1n) is 6.42. The number of nitrogens with one attached hydrogen (secondary N) is 1. The maximum Gasteiger partial charge on any atom is 0.00827 e. The summed E-state index contributed by atoms with van der Waals surface area (Å²) in [7, 11) is 0. The zero-order chi connectivity index (χ0) is 10.9. The molecule has 88 valence electrons. The molecule has 0 unspecified atom stereocenters. The zero-order valence-corrected chi connectivity index (χ0v) is 10.6. The summed E-state index contributed by atoms with van der Waals surface area (Å²) in [6.45, 7) is 13.5. The Kier molecular flexibility index (Phi) is 3.09. The van der Waals surface area contributed by atoms with Gasteiger partial charge in [0.25, 0.3) is 0 Å². The standard InChI is InChI=1S/C13H26N2/c1-12(2,3)6-8-15-10-13(11-15)5-4-7-14-9-13/h14H,4-11H2,1-3H3. The van der Waals surface area contributed by atoms with Crippen LogP contribution in [0.25, 0.3) is 0 Å². The molecule has 2 heterocycles. The van der Waals surface area contributed by atoms with Crippen LogP contribution in [0.4, 0.5) is 0 Å². The molecule has 0 bridgehead atoms. The van der Waals surface area contributed by atoms with Crippen molar-refractivity contribution in [1.82, 2.24) is 10.2 Å². The summed E-state index contributed by atoms with van der Waals surface area (Å²) in [6.07, 6.45) is 4.16. The van der Waals surface area contributed by atoms with E-state index in [-0.39, 0.29) is 0 Å². The minimum absolute atomic E-state index is 0.494. The molecular formula is C13H26N2. The maximum absolute atomic E-state index is 3.54. The van der Waals surface area contributed by atoms with Crippen LogP contribution in [0.2, 0.25) is 0 Å². The third-order valence-electron chi connectivity index (χ3n) is 3.86. The molecule has 0 radical (unpaired) electrons. The molecule has 0 atom stereocenters. The van der Waals surface area contributed by atoms with Crippen LogP contribution in [0, 0.1) is 10.8 Å². The molecule has 2 aliphatic heterocycles. The minimum atomic E-state index is 0.494. The molecule has 0 aromatic carbocycles. The molecule has 0 aromatic heterocycles. The van der Waals surface area contributed by atoms with Gasteiger partial charge in [-0.1, -0.05) is 20.8 Å². The van der Waals surface area contributed by atoms with E-state index in [1.807, 2.05) is 0 Å². The Labute approximate surface area is 94.4 Å². The van der Waals surface area contributed by atoms with Gasteiger partial charge in [-0.2, -0.15) is 0 Å². The van der Waals surface area contributed by atoms with Crippen molar-refractivity contribution in [1.29, 1.82) is 0 Å². The van der Waals surface area contributed by atoms with Gasteiger partial charge in [-0.05, 0) is 37.8 Å². The molecule has 2 nitrogen and oxygen atoms in total. The second-order valence-electron chi connectivity index (χ2n) is 6.80. The monoisotopic (exact) mass is 210 g/mol. The van der Waals surface area contributed by atoms with E-state index in [2.05, 4.69) is 31.0 Å². The van der Waals surface area contributed by atoms with Gasteiger partial charge in [0.15, 0.2) is 0 Å². The minimum Gasteiger partial charge on any atom is -0.316 e. The van der Waals surface area contributed by atoms with Gasteiger partial charge in [-0.3, -0.25) is 0 Å². The average molecular weight is 210 g/mol. The third-order valence-corrected chi connectivity index (χ3v) is 3.86. The summed E-state index contributed by atoms with van der Waals surface area (Å²) in [4.78, 5) is 2.64. The fraction of sp³-hybridized carbons (Fsp3) is 1.00. The molecule has 15 heavy (non-hydrogen) atoms. The van der Waals surface area contributed by atoms with Crippen molar-refractivity contribution < 1.29 is 0 Å². The fourth-order valence-corrected chi connectivity index (χ4v) is 2.85. The van der Waals surface area contributed by atoms with Gasteiger partial charge in [0, 0.05) is 25.0 Å². The van der Waals surface area contributed by atoms with Gasteiger partial charge in [0.1, 0.15) is 0 Å². The Balaban J connectivity index is 1.69. The first kappa shape index (κ1) is 11.4. The summed E-state index contributed by atoms with van der Waals surface area (Å²) < 4.78 is 0. The van der Waals surface area contributed by atoms with Gasteiger partial charge in [-0.15, -0.1) is 0 Å². The second kappa shape index (κ2) is 4.06. The molecule has 2 aliphatic rings. The molecule has 2 heteroatoms. The number of rotatable bonds is 2. The fourth-order valence-electron chi connectivity index (χ4n) is 2.85. The van der Waals surface area contributed by atoms with Crippen LogP contribution in [-0.4, -0.2) is 37.6 Å².